The lowest BCUT2D eigenvalue weighted by atomic mass is 10.2. The molecule has 0 aliphatic heterocycles. The SMILES string of the molecule is O=C(N[C@H](CCOC(=O)c1ccccc1)CSC(=O)c1ccccc1)c1ccccc1. The molecule has 158 valence electrons. The van der Waals surface area contributed by atoms with Gasteiger partial charge in [-0.2, -0.15) is 0 Å². The number of hydrogen-bond acceptors (Lipinski definition) is 5. The van der Waals surface area contributed by atoms with E-state index in [1.54, 1.807) is 60.7 Å². The first kappa shape index (κ1) is 22.3. The molecule has 1 N–H and O–H groups in total. The lowest BCUT2D eigenvalue weighted by molar-refractivity contribution is 0.0492. The molecule has 3 rings (SSSR count). The zero-order valence-corrected chi connectivity index (χ0v) is 17.7. The van der Waals surface area contributed by atoms with Gasteiger partial charge in [-0.05, 0) is 24.3 Å². The topological polar surface area (TPSA) is 72.5 Å². The molecule has 0 unspecified atom stereocenters. The van der Waals surface area contributed by atoms with Crippen LogP contribution in [0, 0.1) is 0 Å². The van der Waals surface area contributed by atoms with Crippen molar-refractivity contribution in [3.63, 3.8) is 0 Å². The standard InChI is InChI=1S/C25H23NO4S/c27-23(19-10-4-1-5-11-19)26-22(18-31-25(29)21-14-8-3-9-15-21)16-17-30-24(28)20-12-6-2-7-13-20/h1-15,22H,16-18H2,(H,26,27)/t22-/m1/s1. The Balaban J connectivity index is 1.58. The number of rotatable bonds is 9. The van der Waals surface area contributed by atoms with E-state index in [9.17, 15) is 14.4 Å². The number of hydrogen-bond donors (Lipinski definition) is 1. The molecule has 0 radical (unpaired) electrons. The van der Waals surface area contributed by atoms with Gasteiger partial charge in [0.15, 0.2) is 0 Å². The number of ether oxygens (including phenoxy) is 1. The molecular weight excluding hydrogens is 410 g/mol. The van der Waals surface area contributed by atoms with Crippen LogP contribution in [-0.2, 0) is 4.74 Å². The molecule has 0 spiro atoms. The van der Waals surface area contributed by atoms with Crippen LogP contribution in [0.15, 0.2) is 91.0 Å². The highest BCUT2D eigenvalue weighted by molar-refractivity contribution is 8.14. The van der Waals surface area contributed by atoms with Crippen molar-refractivity contribution in [2.75, 3.05) is 12.4 Å². The minimum atomic E-state index is -0.415. The van der Waals surface area contributed by atoms with Gasteiger partial charge in [0.1, 0.15) is 0 Å². The molecule has 0 aliphatic rings. The van der Waals surface area contributed by atoms with Crippen LogP contribution in [0.2, 0.25) is 0 Å². The molecule has 0 saturated carbocycles. The third-order valence-corrected chi connectivity index (χ3v) is 5.57. The van der Waals surface area contributed by atoms with Gasteiger partial charge in [-0.1, -0.05) is 78.5 Å². The summed E-state index contributed by atoms with van der Waals surface area (Å²) in [5, 5.41) is 2.88. The lowest BCUT2D eigenvalue weighted by Crippen LogP contribution is -2.38. The van der Waals surface area contributed by atoms with Gasteiger partial charge < -0.3 is 10.1 Å². The van der Waals surface area contributed by atoms with Gasteiger partial charge in [-0.25, -0.2) is 4.79 Å². The second kappa shape index (κ2) is 11.7. The number of carbonyl (C=O) groups excluding carboxylic acids is 3. The molecule has 3 aromatic carbocycles. The molecule has 0 heterocycles. The van der Waals surface area contributed by atoms with Crippen LogP contribution in [0.5, 0.6) is 0 Å². The number of esters is 1. The molecule has 5 nitrogen and oxygen atoms in total. The summed E-state index contributed by atoms with van der Waals surface area (Å²) in [5.74, 6) is -0.274. The van der Waals surface area contributed by atoms with Crippen LogP contribution in [0.25, 0.3) is 0 Å². The summed E-state index contributed by atoms with van der Waals surface area (Å²) < 4.78 is 5.35. The minimum Gasteiger partial charge on any atom is -0.462 e. The Morgan fingerprint density at radius 2 is 1.26 bits per heavy atom. The van der Waals surface area contributed by atoms with Crippen LogP contribution in [-0.4, -0.2) is 35.4 Å². The van der Waals surface area contributed by atoms with E-state index in [1.807, 2.05) is 30.3 Å². The highest BCUT2D eigenvalue weighted by atomic mass is 32.2. The summed E-state index contributed by atoms with van der Waals surface area (Å²) >= 11 is 1.14. The van der Waals surface area contributed by atoms with E-state index in [4.69, 9.17) is 4.74 Å². The molecule has 1 amide bonds. The number of amides is 1. The maximum Gasteiger partial charge on any atom is 0.338 e. The van der Waals surface area contributed by atoms with Crippen molar-refractivity contribution in [1.29, 1.82) is 0 Å². The predicted octanol–water partition coefficient (Wildman–Crippen LogP) is 4.61. The second-order valence-corrected chi connectivity index (χ2v) is 7.78. The van der Waals surface area contributed by atoms with Crippen molar-refractivity contribution in [2.45, 2.75) is 12.5 Å². The molecule has 0 aliphatic carbocycles. The van der Waals surface area contributed by atoms with Crippen molar-refractivity contribution < 1.29 is 19.1 Å². The normalized spacial score (nSPS) is 11.4. The van der Waals surface area contributed by atoms with Gasteiger partial charge in [-0.15, -0.1) is 0 Å². The molecule has 0 bridgehead atoms. The third kappa shape index (κ3) is 7.12. The monoisotopic (exact) mass is 433 g/mol. The van der Waals surface area contributed by atoms with Gasteiger partial charge in [0.05, 0.1) is 12.2 Å². The fourth-order valence-electron chi connectivity index (χ4n) is 2.84. The third-order valence-electron chi connectivity index (χ3n) is 4.51. The molecule has 1 atom stereocenters. The summed E-state index contributed by atoms with van der Waals surface area (Å²) in [6, 6.07) is 26.3. The van der Waals surface area contributed by atoms with Crippen LogP contribution in [0.1, 0.15) is 37.5 Å². The summed E-state index contributed by atoms with van der Waals surface area (Å²) in [6.07, 6.45) is 0.395. The van der Waals surface area contributed by atoms with Crippen molar-refractivity contribution in [3.8, 4) is 0 Å². The largest absolute Gasteiger partial charge is 0.462 e. The number of benzene rings is 3. The van der Waals surface area contributed by atoms with Crippen LogP contribution >= 0.6 is 11.8 Å². The number of thioether (sulfide) groups is 1. The Hall–Kier alpha value is -3.38. The predicted molar refractivity (Wildman–Crippen MR) is 122 cm³/mol. The summed E-state index contributed by atoms with van der Waals surface area (Å²) in [5.41, 5.74) is 1.62. The Morgan fingerprint density at radius 3 is 1.84 bits per heavy atom. The van der Waals surface area contributed by atoms with Gasteiger partial charge in [0.2, 0.25) is 5.12 Å². The zero-order valence-electron chi connectivity index (χ0n) is 16.9. The first-order chi connectivity index (χ1) is 15.1. The average molecular weight is 434 g/mol. The Morgan fingerprint density at radius 1 is 0.742 bits per heavy atom. The van der Waals surface area contributed by atoms with Gasteiger partial charge in [0.25, 0.3) is 5.91 Å². The summed E-state index contributed by atoms with van der Waals surface area (Å²) in [6.45, 7) is 0.132. The van der Waals surface area contributed by atoms with Crippen LogP contribution < -0.4 is 5.32 Å². The fourth-order valence-corrected chi connectivity index (χ4v) is 3.75. The Kier molecular flexibility index (Phi) is 8.43. The van der Waals surface area contributed by atoms with Crippen LogP contribution in [0.4, 0.5) is 0 Å². The molecule has 3 aromatic rings. The molecule has 0 aromatic heterocycles. The van der Waals surface area contributed by atoms with E-state index in [0.29, 0.717) is 28.9 Å². The van der Waals surface area contributed by atoms with E-state index in [2.05, 4.69) is 5.32 Å². The average Bonchev–Trinajstić information content (AvgIpc) is 2.83. The summed E-state index contributed by atoms with van der Waals surface area (Å²) in [7, 11) is 0. The van der Waals surface area contributed by atoms with Crippen molar-refractivity contribution >= 4 is 28.8 Å². The highest BCUT2D eigenvalue weighted by Gasteiger charge is 2.17. The lowest BCUT2D eigenvalue weighted by Gasteiger charge is -2.18. The second-order valence-electron chi connectivity index (χ2n) is 6.79. The van der Waals surface area contributed by atoms with E-state index in [0.717, 1.165) is 11.8 Å². The van der Waals surface area contributed by atoms with Gasteiger partial charge >= 0.3 is 5.97 Å². The maximum atomic E-state index is 12.6. The summed E-state index contributed by atoms with van der Waals surface area (Å²) in [4.78, 5) is 37.2. The quantitative estimate of drug-likeness (QED) is 0.499. The first-order valence-corrected chi connectivity index (χ1v) is 10.9. The Bertz CT molecular complexity index is 994. The van der Waals surface area contributed by atoms with Crippen molar-refractivity contribution in [2.24, 2.45) is 0 Å². The zero-order chi connectivity index (χ0) is 21.9. The minimum absolute atomic E-state index is 0.0687. The van der Waals surface area contributed by atoms with Crippen molar-refractivity contribution in [1.82, 2.24) is 5.32 Å². The van der Waals surface area contributed by atoms with Crippen molar-refractivity contribution in [3.05, 3.63) is 108 Å². The maximum absolute atomic E-state index is 12.6. The van der Waals surface area contributed by atoms with E-state index in [-0.39, 0.29) is 23.7 Å². The van der Waals surface area contributed by atoms with E-state index < -0.39 is 5.97 Å². The van der Waals surface area contributed by atoms with E-state index in [1.165, 1.54) is 0 Å². The Labute approximate surface area is 185 Å². The van der Waals surface area contributed by atoms with E-state index >= 15 is 0 Å². The first-order valence-electron chi connectivity index (χ1n) is 9.94. The molecule has 6 heteroatoms. The van der Waals surface area contributed by atoms with Gasteiger partial charge in [0, 0.05) is 29.3 Å². The number of nitrogens with one attached hydrogen (secondary N) is 1. The van der Waals surface area contributed by atoms with Gasteiger partial charge in [-0.3, -0.25) is 9.59 Å². The molecular formula is C25H23NO4S. The number of carbonyl (C=O) groups is 3. The molecule has 31 heavy (non-hydrogen) atoms. The highest BCUT2D eigenvalue weighted by Crippen LogP contribution is 2.15. The molecule has 0 saturated heterocycles. The van der Waals surface area contributed by atoms with Crippen LogP contribution in [0.3, 0.4) is 0 Å². The fraction of sp³-hybridized carbons (Fsp3) is 0.160. The molecule has 0 fully saturated rings. The smallest absolute Gasteiger partial charge is 0.338 e.